The number of carbonyl (C=O) groups excluding carboxylic acids is 1. The van der Waals surface area contributed by atoms with Crippen LogP contribution < -0.4 is 5.73 Å². The molecule has 7 heteroatoms. The van der Waals surface area contributed by atoms with Crippen molar-refractivity contribution in [2.75, 3.05) is 6.54 Å². The molecule has 17 heavy (non-hydrogen) atoms. The van der Waals surface area contributed by atoms with E-state index in [4.69, 9.17) is 5.73 Å². The Morgan fingerprint density at radius 1 is 1.29 bits per heavy atom. The summed E-state index contributed by atoms with van der Waals surface area (Å²) in [5.41, 5.74) is 6.33. The summed E-state index contributed by atoms with van der Waals surface area (Å²) in [6.07, 6.45) is 0. The second-order valence-electron chi connectivity index (χ2n) is 3.65. The van der Waals surface area contributed by atoms with Crippen LogP contribution in [-0.4, -0.2) is 31.1 Å². The van der Waals surface area contributed by atoms with Gasteiger partial charge in [0.05, 0.1) is 4.90 Å². The molecule has 2 N–H and O–H groups in total. The number of sulfonamides is 1. The zero-order chi connectivity index (χ0) is 12.6. The Hall–Kier alpha value is -1.89. The molecule has 0 saturated heterocycles. The summed E-state index contributed by atoms with van der Waals surface area (Å²) in [5, 5.41) is 0. The van der Waals surface area contributed by atoms with E-state index in [0.29, 0.717) is 4.31 Å². The van der Waals surface area contributed by atoms with Crippen LogP contribution in [0, 0.1) is 6.92 Å². The number of nitrogens with zero attached hydrogens (tertiary/aromatic N) is 2. The molecule has 1 aliphatic rings. The highest BCUT2D eigenvalue weighted by Gasteiger charge is 2.35. The number of hydrogen-bond acceptors (Lipinski definition) is 5. The van der Waals surface area contributed by atoms with Crippen LogP contribution in [0.15, 0.2) is 34.2 Å². The van der Waals surface area contributed by atoms with Crippen molar-refractivity contribution in [3.05, 3.63) is 29.8 Å². The molecule has 2 rings (SSSR count). The number of aryl methyl sites for hydroxylation is 1. The van der Waals surface area contributed by atoms with Crippen molar-refractivity contribution >= 4 is 21.9 Å². The van der Waals surface area contributed by atoms with Gasteiger partial charge >= 0.3 is 0 Å². The fourth-order valence-corrected chi connectivity index (χ4v) is 2.80. The van der Waals surface area contributed by atoms with E-state index < -0.39 is 15.9 Å². The molecule has 1 aromatic carbocycles. The van der Waals surface area contributed by atoms with Crippen LogP contribution in [0.4, 0.5) is 0 Å². The summed E-state index contributed by atoms with van der Waals surface area (Å²) in [7, 11) is -3.93. The molecule has 1 amide bonds. The number of hydrogen-bond donors (Lipinski definition) is 1. The number of aliphatic imine (C=N–C) groups is 1. The van der Waals surface area contributed by atoms with Gasteiger partial charge in [0.2, 0.25) is 5.96 Å². The topological polar surface area (TPSA) is 92.8 Å². The van der Waals surface area contributed by atoms with Crippen molar-refractivity contribution in [1.29, 1.82) is 0 Å². The Morgan fingerprint density at radius 2 is 1.88 bits per heavy atom. The van der Waals surface area contributed by atoms with E-state index in [1.807, 2.05) is 6.92 Å². The Balaban J connectivity index is 2.47. The van der Waals surface area contributed by atoms with Gasteiger partial charge in [-0.2, -0.15) is 4.31 Å². The molecule has 0 fully saturated rings. The third kappa shape index (κ3) is 1.89. The maximum Gasteiger partial charge on any atom is 0.273 e. The number of carbonyl (C=O) groups is 1. The van der Waals surface area contributed by atoms with Gasteiger partial charge in [0.15, 0.2) is 0 Å². The van der Waals surface area contributed by atoms with Crippen LogP contribution in [0.5, 0.6) is 0 Å². The predicted molar refractivity (Wildman–Crippen MR) is 61.7 cm³/mol. The lowest BCUT2D eigenvalue weighted by Crippen LogP contribution is -2.42. The molecule has 0 aromatic heterocycles. The molecule has 1 heterocycles. The zero-order valence-corrected chi connectivity index (χ0v) is 9.94. The summed E-state index contributed by atoms with van der Waals surface area (Å²) >= 11 is 0. The first kappa shape index (κ1) is 11.6. The van der Waals surface area contributed by atoms with E-state index in [0.717, 1.165) is 5.56 Å². The molecule has 0 radical (unpaired) electrons. The number of amides is 1. The lowest BCUT2D eigenvalue weighted by molar-refractivity contribution is -0.121. The van der Waals surface area contributed by atoms with Crippen LogP contribution in [0.25, 0.3) is 0 Å². The van der Waals surface area contributed by atoms with Crippen LogP contribution in [-0.2, 0) is 14.8 Å². The quantitative estimate of drug-likeness (QED) is 0.792. The summed E-state index contributed by atoms with van der Waals surface area (Å²) in [4.78, 5) is 15.0. The van der Waals surface area contributed by atoms with Gasteiger partial charge in [-0.05, 0) is 19.1 Å². The third-order valence-electron chi connectivity index (χ3n) is 2.37. The van der Waals surface area contributed by atoms with E-state index in [2.05, 4.69) is 4.99 Å². The highest BCUT2D eigenvalue weighted by Crippen LogP contribution is 2.18. The summed E-state index contributed by atoms with van der Waals surface area (Å²) in [6.45, 7) is 1.62. The van der Waals surface area contributed by atoms with E-state index in [9.17, 15) is 13.2 Å². The lowest BCUT2D eigenvalue weighted by Gasteiger charge is -2.15. The minimum atomic E-state index is -3.93. The average Bonchev–Trinajstić information content (AvgIpc) is 2.59. The maximum atomic E-state index is 12.1. The molecule has 1 aromatic rings. The minimum Gasteiger partial charge on any atom is -0.369 e. The first-order valence-corrected chi connectivity index (χ1v) is 6.31. The molecule has 90 valence electrons. The van der Waals surface area contributed by atoms with Crippen LogP contribution >= 0.6 is 0 Å². The average molecular weight is 253 g/mol. The SMILES string of the molecule is Cc1ccc(S(=O)(=O)N2C(=O)CN=C2N)cc1. The molecule has 0 bridgehead atoms. The Labute approximate surface area is 98.8 Å². The molecular weight excluding hydrogens is 242 g/mol. The Kier molecular flexibility index (Phi) is 2.62. The van der Waals surface area contributed by atoms with Crippen molar-refractivity contribution in [2.45, 2.75) is 11.8 Å². The molecule has 6 nitrogen and oxygen atoms in total. The van der Waals surface area contributed by atoms with Crippen molar-refractivity contribution in [3.63, 3.8) is 0 Å². The number of guanidine groups is 1. The number of benzene rings is 1. The minimum absolute atomic E-state index is 0.0245. The first-order valence-electron chi connectivity index (χ1n) is 4.87. The number of rotatable bonds is 2. The zero-order valence-electron chi connectivity index (χ0n) is 9.12. The van der Waals surface area contributed by atoms with E-state index in [1.54, 1.807) is 12.1 Å². The summed E-state index contributed by atoms with van der Waals surface area (Å²) in [6, 6.07) is 6.18. The highest BCUT2D eigenvalue weighted by molar-refractivity contribution is 7.90. The van der Waals surface area contributed by atoms with Gasteiger partial charge in [-0.1, -0.05) is 17.7 Å². The van der Waals surface area contributed by atoms with Crippen LogP contribution in [0.2, 0.25) is 0 Å². The fraction of sp³-hybridized carbons (Fsp3) is 0.200. The smallest absolute Gasteiger partial charge is 0.273 e. The molecule has 0 atom stereocenters. The standard InChI is InChI=1S/C10H11N3O3S/c1-7-2-4-8(5-3-7)17(15,16)13-9(14)6-12-10(13)11/h2-5H,6H2,1H3,(H2,11,12). The fourth-order valence-electron chi connectivity index (χ4n) is 1.48. The van der Waals surface area contributed by atoms with Gasteiger partial charge in [0.1, 0.15) is 6.54 Å². The largest absolute Gasteiger partial charge is 0.369 e. The van der Waals surface area contributed by atoms with Crippen molar-refractivity contribution in [2.24, 2.45) is 10.7 Å². The van der Waals surface area contributed by atoms with Gasteiger partial charge in [0.25, 0.3) is 15.9 Å². The van der Waals surface area contributed by atoms with Gasteiger partial charge < -0.3 is 5.73 Å². The summed E-state index contributed by atoms with van der Waals surface area (Å²) in [5.74, 6) is -0.918. The van der Waals surface area contributed by atoms with E-state index >= 15 is 0 Å². The lowest BCUT2D eigenvalue weighted by atomic mass is 10.2. The monoisotopic (exact) mass is 253 g/mol. The molecule has 0 spiro atoms. The van der Waals surface area contributed by atoms with Crippen LogP contribution in [0.1, 0.15) is 5.56 Å². The van der Waals surface area contributed by atoms with Gasteiger partial charge in [-0.25, -0.2) is 13.4 Å². The predicted octanol–water partition coefficient (Wildman–Crippen LogP) is -0.159. The summed E-state index contributed by atoms with van der Waals surface area (Å²) < 4.78 is 24.8. The maximum absolute atomic E-state index is 12.1. The first-order chi connectivity index (χ1) is 7.93. The number of nitrogens with two attached hydrogens (primary N) is 1. The van der Waals surface area contributed by atoms with Crippen molar-refractivity contribution < 1.29 is 13.2 Å². The van der Waals surface area contributed by atoms with E-state index in [-0.39, 0.29) is 17.4 Å². The van der Waals surface area contributed by atoms with Crippen molar-refractivity contribution in [1.82, 2.24) is 4.31 Å². The highest BCUT2D eigenvalue weighted by atomic mass is 32.2. The van der Waals surface area contributed by atoms with Gasteiger partial charge in [0, 0.05) is 0 Å². The second-order valence-corrected chi connectivity index (χ2v) is 5.44. The third-order valence-corrected chi connectivity index (χ3v) is 4.11. The van der Waals surface area contributed by atoms with Gasteiger partial charge in [-0.3, -0.25) is 4.79 Å². The second kappa shape index (κ2) is 3.85. The normalized spacial score (nSPS) is 16.2. The molecule has 1 aliphatic heterocycles. The molecule has 0 saturated carbocycles. The van der Waals surface area contributed by atoms with Crippen molar-refractivity contribution in [3.8, 4) is 0 Å². The Bertz CT molecular complexity index is 590. The Morgan fingerprint density at radius 3 is 2.35 bits per heavy atom. The molecular formula is C10H11N3O3S. The van der Waals surface area contributed by atoms with Crippen LogP contribution in [0.3, 0.4) is 0 Å². The van der Waals surface area contributed by atoms with E-state index in [1.165, 1.54) is 12.1 Å². The molecule has 0 aliphatic carbocycles. The van der Waals surface area contributed by atoms with Gasteiger partial charge in [-0.15, -0.1) is 0 Å². The molecule has 0 unspecified atom stereocenters.